The zero-order valence-electron chi connectivity index (χ0n) is 13.0. The van der Waals surface area contributed by atoms with Gasteiger partial charge in [-0.15, -0.1) is 6.42 Å². The van der Waals surface area contributed by atoms with E-state index in [1.807, 2.05) is 37.3 Å². The number of terminal acetylenes is 1. The summed E-state index contributed by atoms with van der Waals surface area (Å²) in [4.78, 5) is 0. The van der Waals surface area contributed by atoms with Gasteiger partial charge >= 0.3 is 0 Å². The third-order valence-corrected chi connectivity index (χ3v) is 4.31. The topological polar surface area (TPSA) is 30.5 Å². The van der Waals surface area contributed by atoms with E-state index in [-0.39, 0.29) is 6.61 Å². The largest absolute Gasteiger partial charge is 0.493 e. The lowest BCUT2D eigenvalue weighted by Gasteiger charge is -2.15. The molecule has 0 amide bonds. The van der Waals surface area contributed by atoms with Gasteiger partial charge in [-0.3, -0.25) is 0 Å². The van der Waals surface area contributed by atoms with Crippen LogP contribution in [0, 0.1) is 22.8 Å². The summed E-state index contributed by atoms with van der Waals surface area (Å²) in [7, 11) is 1.62. The highest BCUT2D eigenvalue weighted by Crippen LogP contribution is 2.34. The van der Waals surface area contributed by atoms with E-state index in [1.54, 1.807) is 7.11 Å². The van der Waals surface area contributed by atoms with Crippen LogP contribution in [-0.2, 0) is 6.54 Å². The maximum atomic E-state index is 6.05. The maximum absolute atomic E-state index is 6.05. The van der Waals surface area contributed by atoms with E-state index in [9.17, 15) is 0 Å². The molecule has 120 valence electrons. The van der Waals surface area contributed by atoms with Gasteiger partial charge in [0.05, 0.1) is 10.7 Å². The Balaban J connectivity index is 2.19. The molecule has 0 radical (unpaired) electrons. The molecule has 3 nitrogen and oxygen atoms in total. The predicted octanol–water partition coefficient (Wildman–Crippen LogP) is 4.89. The van der Waals surface area contributed by atoms with E-state index < -0.39 is 0 Å². The molecular weight excluding hydrogens is 425 g/mol. The fourth-order valence-corrected chi connectivity index (χ4v) is 3.10. The Bertz CT molecular complexity index is 741. The minimum atomic E-state index is 0.214. The molecular formula is C18H17ClINO2. The molecule has 0 bridgehead atoms. The molecule has 0 heterocycles. The first kappa shape index (κ1) is 17.8. The van der Waals surface area contributed by atoms with Gasteiger partial charge in [0.15, 0.2) is 11.5 Å². The van der Waals surface area contributed by atoms with E-state index in [2.05, 4.69) is 33.8 Å². The molecule has 0 saturated carbocycles. The van der Waals surface area contributed by atoms with E-state index in [0.29, 0.717) is 23.1 Å². The number of hydrogen-bond donors (Lipinski definition) is 1. The molecule has 23 heavy (non-hydrogen) atoms. The third-order valence-electron chi connectivity index (χ3n) is 3.27. The van der Waals surface area contributed by atoms with E-state index in [4.69, 9.17) is 27.5 Å². The fourth-order valence-electron chi connectivity index (χ4n) is 2.11. The van der Waals surface area contributed by atoms with Crippen LogP contribution >= 0.6 is 34.2 Å². The van der Waals surface area contributed by atoms with Crippen LogP contribution in [0.5, 0.6) is 11.5 Å². The van der Waals surface area contributed by atoms with Crippen molar-refractivity contribution < 1.29 is 9.47 Å². The minimum absolute atomic E-state index is 0.214. The van der Waals surface area contributed by atoms with Gasteiger partial charge in [0.25, 0.3) is 0 Å². The van der Waals surface area contributed by atoms with E-state index >= 15 is 0 Å². The van der Waals surface area contributed by atoms with Crippen molar-refractivity contribution in [1.29, 1.82) is 0 Å². The smallest absolute Gasteiger partial charge is 0.175 e. The van der Waals surface area contributed by atoms with Crippen LogP contribution in [0.25, 0.3) is 0 Å². The number of ether oxygens (including phenoxy) is 2. The van der Waals surface area contributed by atoms with Crippen LogP contribution in [0.4, 0.5) is 5.69 Å². The molecule has 0 aliphatic heterocycles. The summed E-state index contributed by atoms with van der Waals surface area (Å²) in [5.41, 5.74) is 3.24. The summed E-state index contributed by atoms with van der Waals surface area (Å²) in [6.45, 7) is 2.91. The molecule has 2 aromatic rings. The van der Waals surface area contributed by atoms with Crippen LogP contribution in [0.3, 0.4) is 0 Å². The molecule has 2 rings (SSSR count). The number of methoxy groups -OCH3 is 1. The number of anilines is 1. The van der Waals surface area contributed by atoms with Crippen molar-refractivity contribution in [1.82, 2.24) is 0 Å². The highest BCUT2D eigenvalue weighted by Gasteiger charge is 2.11. The van der Waals surface area contributed by atoms with Crippen LogP contribution < -0.4 is 14.8 Å². The van der Waals surface area contributed by atoms with Crippen molar-refractivity contribution >= 4 is 39.9 Å². The molecule has 0 unspecified atom stereocenters. The molecule has 0 aliphatic rings. The Morgan fingerprint density at radius 1 is 1.30 bits per heavy atom. The average molecular weight is 442 g/mol. The normalized spacial score (nSPS) is 10.0. The summed E-state index contributed by atoms with van der Waals surface area (Å²) in [6, 6.07) is 9.78. The number of halogens is 2. The van der Waals surface area contributed by atoms with Crippen LogP contribution in [0.15, 0.2) is 30.3 Å². The SMILES string of the molecule is C#CCOc1c(I)cc(CNc2cc(Cl)ccc2C)cc1OC. The predicted molar refractivity (Wildman–Crippen MR) is 104 cm³/mol. The van der Waals surface area contributed by atoms with Crippen LogP contribution in [0.2, 0.25) is 5.02 Å². The van der Waals surface area contributed by atoms with Gasteiger partial charge in [0.1, 0.15) is 6.61 Å². The second kappa shape index (κ2) is 8.32. The average Bonchev–Trinajstić information content (AvgIpc) is 2.54. The number of benzene rings is 2. The van der Waals surface area contributed by atoms with Gasteiger partial charge in [-0.1, -0.05) is 23.6 Å². The summed E-state index contributed by atoms with van der Waals surface area (Å²) >= 11 is 8.27. The first-order valence-electron chi connectivity index (χ1n) is 6.98. The van der Waals surface area contributed by atoms with Crippen LogP contribution in [-0.4, -0.2) is 13.7 Å². The van der Waals surface area contributed by atoms with Crippen molar-refractivity contribution in [3.8, 4) is 23.8 Å². The number of aryl methyl sites for hydroxylation is 1. The second-order valence-corrected chi connectivity index (χ2v) is 6.51. The Labute approximate surface area is 155 Å². The molecule has 2 aromatic carbocycles. The van der Waals surface area contributed by atoms with Gasteiger partial charge < -0.3 is 14.8 Å². The highest BCUT2D eigenvalue weighted by molar-refractivity contribution is 14.1. The van der Waals surface area contributed by atoms with Crippen molar-refractivity contribution in [3.63, 3.8) is 0 Å². The minimum Gasteiger partial charge on any atom is -0.493 e. The van der Waals surface area contributed by atoms with Crippen molar-refractivity contribution in [2.24, 2.45) is 0 Å². The zero-order valence-corrected chi connectivity index (χ0v) is 15.9. The Morgan fingerprint density at radius 2 is 2.09 bits per heavy atom. The van der Waals surface area contributed by atoms with Crippen molar-refractivity contribution in [2.75, 3.05) is 19.0 Å². The number of rotatable bonds is 6. The Morgan fingerprint density at radius 3 is 2.78 bits per heavy atom. The number of nitrogens with one attached hydrogen (secondary N) is 1. The Kier molecular flexibility index (Phi) is 6.43. The maximum Gasteiger partial charge on any atom is 0.175 e. The standard InChI is InChI=1S/C18H17ClINO2/c1-4-7-23-18-15(20)8-13(9-17(18)22-3)11-21-16-10-14(19)6-5-12(16)2/h1,5-6,8-10,21H,7,11H2,2-3H3. The molecule has 0 aromatic heterocycles. The first-order valence-corrected chi connectivity index (χ1v) is 8.43. The lowest BCUT2D eigenvalue weighted by Crippen LogP contribution is -2.04. The lowest BCUT2D eigenvalue weighted by atomic mass is 10.1. The zero-order chi connectivity index (χ0) is 16.8. The summed E-state index contributed by atoms with van der Waals surface area (Å²) in [5, 5.41) is 4.11. The molecule has 0 spiro atoms. The van der Waals surface area contributed by atoms with Gasteiger partial charge in [-0.2, -0.15) is 0 Å². The summed E-state index contributed by atoms with van der Waals surface area (Å²) < 4.78 is 11.9. The molecule has 0 aliphatic carbocycles. The monoisotopic (exact) mass is 441 g/mol. The van der Waals surface area contributed by atoms with Crippen molar-refractivity contribution in [3.05, 3.63) is 50.1 Å². The summed E-state index contributed by atoms with van der Waals surface area (Å²) in [5.74, 6) is 3.81. The molecule has 1 N–H and O–H groups in total. The second-order valence-electron chi connectivity index (χ2n) is 4.91. The molecule has 0 atom stereocenters. The van der Waals surface area contributed by atoms with Crippen LogP contribution in [0.1, 0.15) is 11.1 Å². The highest BCUT2D eigenvalue weighted by atomic mass is 127. The first-order chi connectivity index (χ1) is 11.0. The molecule has 0 saturated heterocycles. The fraction of sp³-hybridized carbons (Fsp3) is 0.222. The van der Waals surface area contributed by atoms with Gasteiger partial charge in [0, 0.05) is 17.3 Å². The van der Waals surface area contributed by atoms with Gasteiger partial charge in [-0.25, -0.2) is 0 Å². The Hall–Kier alpha value is -1.58. The third kappa shape index (κ3) is 4.69. The lowest BCUT2D eigenvalue weighted by molar-refractivity contribution is 0.328. The van der Waals surface area contributed by atoms with E-state index in [1.165, 1.54) is 0 Å². The van der Waals surface area contributed by atoms with Gasteiger partial charge in [-0.05, 0) is 64.9 Å². The van der Waals surface area contributed by atoms with Gasteiger partial charge in [0.2, 0.25) is 0 Å². The van der Waals surface area contributed by atoms with Crippen molar-refractivity contribution in [2.45, 2.75) is 13.5 Å². The molecule has 0 fully saturated rings. The summed E-state index contributed by atoms with van der Waals surface area (Å²) in [6.07, 6.45) is 5.25. The number of hydrogen-bond acceptors (Lipinski definition) is 3. The molecule has 5 heteroatoms. The van der Waals surface area contributed by atoms with E-state index in [0.717, 1.165) is 20.4 Å². The quantitative estimate of drug-likeness (QED) is 0.512.